The second-order valence-corrected chi connectivity index (χ2v) is 6.21. The Bertz CT molecular complexity index is 720. The van der Waals surface area contributed by atoms with Gasteiger partial charge >= 0.3 is 0 Å². The summed E-state index contributed by atoms with van der Waals surface area (Å²) in [5.74, 6) is 2.62. The van der Waals surface area contributed by atoms with E-state index >= 15 is 0 Å². The van der Waals surface area contributed by atoms with Crippen LogP contribution in [-0.4, -0.2) is 22.3 Å². The molecule has 0 bridgehead atoms. The Balaban J connectivity index is 0.00000338. The summed E-state index contributed by atoms with van der Waals surface area (Å²) in [6.45, 7) is 11.8. The molecule has 26 heavy (non-hydrogen) atoms. The molecule has 0 spiro atoms. The smallest absolute Gasteiger partial charge is 0.192 e. The van der Waals surface area contributed by atoms with Crippen molar-refractivity contribution in [3.05, 3.63) is 40.6 Å². The van der Waals surface area contributed by atoms with Crippen LogP contribution in [0.25, 0.3) is 0 Å². The lowest BCUT2D eigenvalue weighted by atomic mass is 10.1. The van der Waals surface area contributed by atoms with Gasteiger partial charge in [0.1, 0.15) is 11.5 Å². The Morgan fingerprint density at radius 2 is 2.00 bits per heavy atom. The molecule has 2 aromatic heterocycles. The minimum Gasteiger partial charge on any atom is -0.464 e. The predicted octanol–water partition coefficient (Wildman–Crippen LogP) is 3.88. The first-order chi connectivity index (χ1) is 12.0. The zero-order valence-corrected chi connectivity index (χ0v) is 19.0. The molecule has 2 rings (SSSR count). The molecular formula is C19H32IN5O. The quantitative estimate of drug-likeness (QED) is 0.364. The van der Waals surface area contributed by atoms with E-state index < -0.39 is 0 Å². The molecule has 0 amide bonds. The second-order valence-electron chi connectivity index (χ2n) is 6.21. The van der Waals surface area contributed by atoms with Crippen molar-refractivity contribution in [3.8, 4) is 0 Å². The van der Waals surface area contributed by atoms with Gasteiger partial charge in [-0.1, -0.05) is 13.8 Å². The highest BCUT2D eigenvalue weighted by atomic mass is 127. The molecule has 0 saturated carbocycles. The molecule has 1 unspecified atom stereocenters. The van der Waals surface area contributed by atoms with Gasteiger partial charge in [-0.25, -0.2) is 4.99 Å². The zero-order valence-electron chi connectivity index (χ0n) is 16.7. The first-order valence-corrected chi connectivity index (χ1v) is 9.14. The van der Waals surface area contributed by atoms with E-state index in [2.05, 4.69) is 43.4 Å². The number of guanidine groups is 1. The summed E-state index contributed by atoms with van der Waals surface area (Å²) in [6, 6.07) is 4.03. The summed E-state index contributed by atoms with van der Waals surface area (Å²) in [5.41, 5.74) is 3.63. The summed E-state index contributed by atoms with van der Waals surface area (Å²) >= 11 is 0. The Morgan fingerprint density at radius 3 is 2.54 bits per heavy atom. The number of hydrogen-bond donors (Lipinski definition) is 2. The predicted molar refractivity (Wildman–Crippen MR) is 117 cm³/mol. The fourth-order valence-electron chi connectivity index (χ4n) is 3.01. The lowest BCUT2D eigenvalue weighted by Crippen LogP contribution is -2.38. The highest BCUT2D eigenvalue weighted by Gasteiger charge is 2.15. The Hall–Kier alpha value is -1.51. The van der Waals surface area contributed by atoms with Crippen LogP contribution in [-0.2, 0) is 26.4 Å². The molecule has 0 aliphatic heterocycles. The topological polar surface area (TPSA) is 67.4 Å². The molecule has 6 nitrogen and oxygen atoms in total. The molecule has 0 aromatic carbocycles. The molecule has 7 heteroatoms. The first kappa shape index (κ1) is 22.5. The molecule has 2 heterocycles. The minimum atomic E-state index is 0. The van der Waals surface area contributed by atoms with Crippen LogP contribution >= 0.6 is 24.0 Å². The number of nitrogens with one attached hydrogen (secondary N) is 2. The van der Waals surface area contributed by atoms with Gasteiger partial charge in [0, 0.05) is 24.8 Å². The van der Waals surface area contributed by atoms with Crippen LogP contribution in [0.1, 0.15) is 62.2 Å². The van der Waals surface area contributed by atoms with Crippen molar-refractivity contribution in [1.29, 1.82) is 0 Å². The number of aryl methyl sites for hydroxylation is 3. The van der Waals surface area contributed by atoms with Crippen molar-refractivity contribution in [2.24, 2.45) is 12.0 Å². The molecule has 2 N–H and O–H groups in total. The largest absolute Gasteiger partial charge is 0.464 e. The van der Waals surface area contributed by atoms with Crippen LogP contribution in [0, 0.1) is 6.92 Å². The van der Waals surface area contributed by atoms with E-state index in [-0.39, 0.29) is 30.0 Å². The number of nitrogens with zero attached hydrogens (tertiary/aromatic N) is 3. The van der Waals surface area contributed by atoms with Crippen molar-refractivity contribution < 1.29 is 4.42 Å². The van der Waals surface area contributed by atoms with Gasteiger partial charge in [0.25, 0.3) is 0 Å². The number of aromatic nitrogens is 2. The van der Waals surface area contributed by atoms with Crippen molar-refractivity contribution in [3.63, 3.8) is 0 Å². The molecule has 146 valence electrons. The van der Waals surface area contributed by atoms with Crippen LogP contribution < -0.4 is 10.6 Å². The van der Waals surface area contributed by atoms with E-state index in [1.54, 1.807) is 0 Å². The average molecular weight is 473 g/mol. The molecule has 0 saturated heterocycles. The summed E-state index contributed by atoms with van der Waals surface area (Å²) in [6.07, 6.45) is 1.88. The third-order valence-electron chi connectivity index (χ3n) is 4.31. The molecule has 1 atom stereocenters. The lowest BCUT2D eigenvalue weighted by molar-refractivity contribution is 0.441. The van der Waals surface area contributed by atoms with Crippen molar-refractivity contribution in [1.82, 2.24) is 20.4 Å². The summed E-state index contributed by atoms with van der Waals surface area (Å²) < 4.78 is 7.69. The van der Waals surface area contributed by atoms with Crippen LogP contribution in [0.15, 0.2) is 21.5 Å². The number of furan rings is 1. The van der Waals surface area contributed by atoms with Crippen LogP contribution in [0.3, 0.4) is 0 Å². The van der Waals surface area contributed by atoms with Crippen LogP contribution in [0.4, 0.5) is 0 Å². The van der Waals surface area contributed by atoms with Crippen molar-refractivity contribution >= 4 is 29.9 Å². The fraction of sp³-hybridized carbons (Fsp3) is 0.579. The van der Waals surface area contributed by atoms with E-state index in [1.165, 1.54) is 11.3 Å². The number of rotatable bonds is 7. The summed E-state index contributed by atoms with van der Waals surface area (Å²) in [4.78, 5) is 4.79. The van der Waals surface area contributed by atoms with E-state index in [4.69, 9.17) is 9.41 Å². The fourth-order valence-corrected chi connectivity index (χ4v) is 3.01. The standard InChI is InChI=1S/C19H31N5O.HI/c1-7-16-15(17(8-2)24(6)23-16)12-21-19(20-9-3)22-14(5)18-11-10-13(4)25-18;/h10-11,14H,7-9,12H2,1-6H3,(H2,20,21,22);1H. The molecule has 0 radical (unpaired) electrons. The van der Waals surface area contributed by atoms with E-state index in [0.29, 0.717) is 6.54 Å². The van der Waals surface area contributed by atoms with Gasteiger partial charge in [-0.05, 0) is 45.7 Å². The third-order valence-corrected chi connectivity index (χ3v) is 4.31. The molecular weight excluding hydrogens is 441 g/mol. The van der Waals surface area contributed by atoms with Gasteiger partial charge < -0.3 is 15.1 Å². The number of halogens is 1. The summed E-state index contributed by atoms with van der Waals surface area (Å²) in [5, 5.41) is 11.4. The van der Waals surface area contributed by atoms with E-state index in [1.807, 2.05) is 30.8 Å². The highest BCUT2D eigenvalue weighted by Crippen LogP contribution is 2.17. The third kappa shape index (κ3) is 5.49. The maximum Gasteiger partial charge on any atom is 0.192 e. The number of aliphatic imine (C=N–C) groups is 1. The van der Waals surface area contributed by atoms with Crippen LogP contribution in [0.5, 0.6) is 0 Å². The second kappa shape index (κ2) is 10.6. The molecule has 0 aliphatic carbocycles. The van der Waals surface area contributed by atoms with Gasteiger partial charge in [0.2, 0.25) is 0 Å². The van der Waals surface area contributed by atoms with Crippen LogP contribution in [0.2, 0.25) is 0 Å². The first-order valence-electron chi connectivity index (χ1n) is 9.14. The maximum atomic E-state index is 5.70. The summed E-state index contributed by atoms with van der Waals surface area (Å²) in [7, 11) is 2.01. The zero-order chi connectivity index (χ0) is 18.4. The van der Waals surface area contributed by atoms with Crippen molar-refractivity contribution in [2.45, 2.75) is 60.0 Å². The Morgan fingerprint density at radius 1 is 1.27 bits per heavy atom. The highest BCUT2D eigenvalue weighted by molar-refractivity contribution is 14.0. The van der Waals surface area contributed by atoms with Gasteiger partial charge in [-0.15, -0.1) is 24.0 Å². The van der Waals surface area contributed by atoms with E-state index in [9.17, 15) is 0 Å². The monoisotopic (exact) mass is 473 g/mol. The molecule has 2 aromatic rings. The van der Waals surface area contributed by atoms with Gasteiger partial charge in [0.05, 0.1) is 18.3 Å². The molecule has 0 aliphatic rings. The molecule has 0 fully saturated rings. The number of hydrogen-bond acceptors (Lipinski definition) is 3. The minimum absolute atomic E-state index is 0. The Kier molecular flexibility index (Phi) is 9.18. The Labute approximate surface area is 173 Å². The van der Waals surface area contributed by atoms with Gasteiger partial charge in [0.15, 0.2) is 5.96 Å². The normalized spacial score (nSPS) is 12.6. The van der Waals surface area contributed by atoms with Gasteiger partial charge in [-0.2, -0.15) is 5.10 Å². The van der Waals surface area contributed by atoms with Gasteiger partial charge in [-0.3, -0.25) is 4.68 Å². The maximum absolute atomic E-state index is 5.70. The average Bonchev–Trinajstić information content (AvgIpc) is 3.15. The van der Waals surface area contributed by atoms with Crippen molar-refractivity contribution in [2.75, 3.05) is 6.54 Å². The lowest BCUT2D eigenvalue weighted by Gasteiger charge is -2.16. The van der Waals surface area contributed by atoms with E-state index in [0.717, 1.165) is 42.6 Å². The SMILES string of the molecule is CCNC(=NCc1c(CC)nn(C)c1CC)NC(C)c1ccc(C)o1.I.